The van der Waals surface area contributed by atoms with Crippen LogP contribution in [-0.4, -0.2) is 52.2 Å². The molecule has 2 aromatic rings. The molecular formula is C26H31F4N5. The highest BCUT2D eigenvalue weighted by Gasteiger charge is 2.45. The van der Waals surface area contributed by atoms with Crippen LogP contribution in [0.1, 0.15) is 43.5 Å². The predicted octanol–water partition coefficient (Wildman–Crippen LogP) is 3.82. The first-order valence-corrected chi connectivity index (χ1v) is 11.9. The van der Waals surface area contributed by atoms with Gasteiger partial charge in [-0.15, -0.1) is 5.10 Å². The lowest BCUT2D eigenvalue weighted by Gasteiger charge is -2.45. The number of fused-ring (bicyclic) bond motifs is 1. The number of aromatic nitrogens is 2. The number of nitrogens with one attached hydrogen (secondary N) is 1. The van der Waals surface area contributed by atoms with E-state index in [0.29, 0.717) is 17.9 Å². The van der Waals surface area contributed by atoms with E-state index < -0.39 is 17.6 Å². The lowest BCUT2D eigenvalue weighted by atomic mass is 9.98. The largest absolute Gasteiger partial charge is 0.419 e. The van der Waals surface area contributed by atoms with Crippen LogP contribution >= 0.6 is 0 Å². The second-order valence-electron chi connectivity index (χ2n) is 9.12. The molecule has 1 aromatic carbocycles. The van der Waals surface area contributed by atoms with Crippen molar-refractivity contribution in [2.45, 2.75) is 58.4 Å². The van der Waals surface area contributed by atoms with Gasteiger partial charge in [0.25, 0.3) is 0 Å². The lowest BCUT2D eigenvalue weighted by molar-refractivity contribution is -0.140. The molecule has 5 nitrogen and oxygen atoms in total. The Bertz CT molecular complexity index is 1240. The summed E-state index contributed by atoms with van der Waals surface area (Å²) in [6.07, 6.45) is 3.42. The van der Waals surface area contributed by atoms with Crippen LogP contribution in [0.25, 0.3) is 12.2 Å². The molecule has 2 fully saturated rings. The van der Waals surface area contributed by atoms with Gasteiger partial charge in [0.05, 0.1) is 17.3 Å². The number of anilines is 1. The maximum atomic E-state index is 14.6. The van der Waals surface area contributed by atoms with Crippen LogP contribution in [0, 0.1) is 12.7 Å². The topological polar surface area (TPSA) is 44.3 Å². The van der Waals surface area contributed by atoms with Crippen LogP contribution in [-0.2, 0) is 12.7 Å². The highest BCUT2D eigenvalue weighted by Crippen LogP contribution is 2.34. The van der Waals surface area contributed by atoms with Gasteiger partial charge in [0, 0.05) is 47.4 Å². The van der Waals surface area contributed by atoms with Crippen LogP contribution < -0.4 is 15.8 Å². The molecule has 0 spiro atoms. The molecule has 2 unspecified atom stereocenters. The molecule has 2 saturated heterocycles. The number of nitrogens with zero attached hydrogens (tertiary/aromatic N) is 4. The molecule has 3 heterocycles. The molecular weight excluding hydrogens is 458 g/mol. The minimum atomic E-state index is -4.75. The van der Waals surface area contributed by atoms with Gasteiger partial charge in [0.1, 0.15) is 5.82 Å². The third-order valence-corrected chi connectivity index (χ3v) is 6.94. The van der Waals surface area contributed by atoms with Gasteiger partial charge in [-0.2, -0.15) is 18.3 Å². The van der Waals surface area contributed by atoms with E-state index in [1.807, 2.05) is 19.9 Å². The molecule has 9 heteroatoms. The van der Waals surface area contributed by atoms with Crippen molar-refractivity contribution in [3.05, 3.63) is 63.0 Å². The van der Waals surface area contributed by atoms with Crippen molar-refractivity contribution in [3.8, 4) is 0 Å². The van der Waals surface area contributed by atoms with Gasteiger partial charge in [-0.3, -0.25) is 4.90 Å². The van der Waals surface area contributed by atoms with E-state index in [-0.39, 0.29) is 12.1 Å². The fraction of sp³-hybridized carbons (Fsp3) is 0.462. The van der Waals surface area contributed by atoms with E-state index in [9.17, 15) is 17.6 Å². The first kappa shape index (κ1) is 25.2. The molecule has 4 rings (SSSR count). The number of benzene rings is 1. The van der Waals surface area contributed by atoms with Crippen LogP contribution in [0.5, 0.6) is 0 Å². The van der Waals surface area contributed by atoms with E-state index in [1.165, 1.54) is 12.1 Å². The predicted molar refractivity (Wildman–Crippen MR) is 129 cm³/mol. The maximum Gasteiger partial charge on any atom is 0.419 e. The van der Waals surface area contributed by atoms with Gasteiger partial charge >= 0.3 is 6.18 Å². The van der Waals surface area contributed by atoms with E-state index in [2.05, 4.69) is 51.4 Å². The molecule has 2 aliphatic rings. The molecule has 2 atom stereocenters. The zero-order chi connectivity index (χ0) is 25.3. The van der Waals surface area contributed by atoms with Crippen LogP contribution in [0.4, 0.5) is 23.4 Å². The third kappa shape index (κ3) is 4.91. The summed E-state index contributed by atoms with van der Waals surface area (Å²) in [5.74, 6) is -0.867. The van der Waals surface area contributed by atoms with Crippen LogP contribution in [0.3, 0.4) is 0 Å². The summed E-state index contributed by atoms with van der Waals surface area (Å²) >= 11 is 0. The zero-order valence-electron chi connectivity index (χ0n) is 20.5. The van der Waals surface area contributed by atoms with Gasteiger partial charge in [-0.1, -0.05) is 31.2 Å². The average Bonchev–Trinajstić information content (AvgIpc) is 3.15. The Labute approximate surface area is 202 Å². The number of allylic oxidation sites excluding steroid dienone is 2. The summed E-state index contributed by atoms with van der Waals surface area (Å²) < 4.78 is 54.0. The van der Waals surface area contributed by atoms with Gasteiger partial charge in [-0.25, -0.2) is 4.39 Å². The van der Waals surface area contributed by atoms with Crippen molar-refractivity contribution < 1.29 is 17.6 Å². The highest BCUT2D eigenvalue weighted by atomic mass is 19.4. The normalized spacial score (nSPS) is 21.9. The molecule has 2 aliphatic heterocycles. The Morgan fingerprint density at radius 1 is 1.20 bits per heavy atom. The SMILES string of the molecule is C/C=c1/c(C)nnc(NCc2cccc(C(F)(F)F)c2F)/c1=C/C(=C/CC)N1CCC2C1CN2C. The number of hydrogen-bond acceptors (Lipinski definition) is 5. The van der Waals surface area contributed by atoms with Crippen molar-refractivity contribution >= 4 is 18.0 Å². The summed E-state index contributed by atoms with van der Waals surface area (Å²) in [6.45, 7) is 7.69. The van der Waals surface area contributed by atoms with Gasteiger partial charge in [0.2, 0.25) is 0 Å². The number of alkyl halides is 3. The first-order chi connectivity index (χ1) is 16.7. The minimum absolute atomic E-state index is 0.0839. The molecule has 1 aromatic heterocycles. The Kier molecular flexibility index (Phi) is 7.17. The molecule has 0 radical (unpaired) electrons. The third-order valence-electron chi connectivity index (χ3n) is 6.94. The Balaban J connectivity index is 1.72. The fourth-order valence-corrected chi connectivity index (χ4v) is 5.11. The zero-order valence-corrected chi connectivity index (χ0v) is 20.5. The number of hydrogen-bond donors (Lipinski definition) is 1. The van der Waals surface area contributed by atoms with E-state index in [0.717, 1.165) is 53.8 Å². The Morgan fingerprint density at radius 2 is 1.97 bits per heavy atom. The second-order valence-corrected chi connectivity index (χ2v) is 9.12. The molecule has 188 valence electrons. The number of rotatable bonds is 6. The smallest absolute Gasteiger partial charge is 0.366 e. The Morgan fingerprint density at radius 3 is 2.60 bits per heavy atom. The molecule has 35 heavy (non-hydrogen) atoms. The number of likely N-dealkylation sites (tertiary alicyclic amines) is 2. The monoisotopic (exact) mass is 489 g/mol. The summed E-state index contributed by atoms with van der Waals surface area (Å²) in [6, 6.07) is 4.32. The van der Waals surface area contributed by atoms with Crippen LogP contribution in [0.2, 0.25) is 0 Å². The summed E-state index contributed by atoms with van der Waals surface area (Å²) in [7, 11) is 2.15. The van der Waals surface area contributed by atoms with Crippen LogP contribution in [0.15, 0.2) is 30.0 Å². The average molecular weight is 490 g/mol. The van der Waals surface area contributed by atoms with Gasteiger partial charge in [0.15, 0.2) is 5.82 Å². The molecule has 0 amide bonds. The fourth-order valence-electron chi connectivity index (χ4n) is 5.11. The van der Waals surface area contributed by atoms with E-state index >= 15 is 0 Å². The van der Waals surface area contributed by atoms with E-state index in [4.69, 9.17) is 0 Å². The number of likely N-dealkylation sites (N-methyl/N-ethyl adjacent to an activating group) is 1. The van der Waals surface area contributed by atoms with Crippen molar-refractivity contribution in [2.24, 2.45) is 0 Å². The maximum absolute atomic E-state index is 14.6. The molecule has 1 N–H and O–H groups in total. The summed E-state index contributed by atoms with van der Waals surface area (Å²) in [4.78, 5) is 4.80. The molecule has 0 saturated carbocycles. The second kappa shape index (κ2) is 9.97. The molecule has 0 aliphatic carbocycles. The lowest BCUT2D eigenvalue weighted by Crippen LogP contribution is -2.59. The van der Waals surface area contributed by atoms with Gasteiger partial charge < -0.3 is 10.2 Å². The number of aryl methyl sites for hydroxylation is 1. The highest BCUT2D eigenvalue weighted by molar-refractivity contribution is 5.55. The van der Waals surface area contributed by atoms with E-state index in [1.54, 1.807) is 0 Å². The molecule has 0 bridgehead atoms. The summed E-state index contributed by atoms with van der Waals surface area (Å²) in [5.41, 5.74) is 0.479. The Hall–Kier alpha value is -2.94. The van der Waals surface area contributed by atoms with Crippen molar-refractivity contribution in [1.29, 1.82) is 0 Å². The standard InChI is InChI=1S/C26H31F4N5/c1-5-8-18(35-12-11-22-23(35)15-34(22)4)13-20-19(6-2)16(3)32-33-25(20)31-14-17-9-7-10-21(24(17)27)26(28,29)30/h6-10,13,22-23H,5,11-12,14-15H2,1-4H3,(H,31,33)/b18-8-,19-6-,20-13+. The van der Waals surface area contributed by atoms with Crippen molar-refractivity contribution in [2.75, 3.05) is 25.5 Å². The van der Waals surface area contributed by atoms with Gasteiger partial charge in [-0.05, 0) is 45.9 Å². The summed E-state index contributed by atoms with van der Waals surface area (Å²) in [5, 5.41) is 13.2. The number of halogens is 4. The van der Waals surface area contributed by atoms with Crippen molar-refractivity contribution in [1.82, 2.24) is 20.0 Å². The quantitative estimate of drug-likeness (QED) is 0.626. The van der Waals surface area contributed by atoms with Crippen molar-refractivity contribution in [3.63, 3.8) is 0 Å². The first-order valence-electron chi connectivity index (χ1n) is 11.9. The minimum Gasteiger partial charge on any atom is -0.366 e.